The molecule has 232 valence electrons. The number of carbonyl (C=O) groups excluding carboxylic acids is 4. The molecule has 10 nitrogen and oxygen atoms in total. The zero-order valence-electron chi connectivity index (χ0n) is 22.6. The topological polar surface area (TPSA) is 105 Å². The molecule has 0 aliphatic carbocycles. The number of fused-ring (bicyclic) bond motifs is 10. The van der Waals surface area contributed by atoms with Crippen molar-refractivity contribution in [2.45, 2.75) is 61.4 Å². The number of alkyl halides is 6. The van der Waals surface area contributed by atoms with Gasteiger partial charge in [0, 0.05) is 37.3 Å². The molecule has 8 rings (SSSR count). The molecule has 6 heterocycles. The first-order valence-corrected chi connectivity index (χ1v) is 13.9. The number of rotatable bonds is 2. The number of nitrogens with zero attached hydrogens (tertiary/aromatic N) is 4. The van der Waals surface area contributed by atoms with Crippen LogP contribution in [0.5, 0.6) is 0 Å². The predicted octanol–water partition coefficient (Wildman–Crippen LogP) is 3.17. The van der Waals surface area contributed by atoms with Gasteiger partial charge in [-0.1, -0.05) is 12.1 Å². The molecule has 6 fully saturated rings. The summed E-state index contributed by atoms with van der Waals surface area (Å²) in [4.78, 5) is 54.7. The highest BCUT2D eigenvalue weighted by Gasteiger charge is 2.60. The SMILES string of the molecule is O=C1[C@@H]2C3C[C@H](CN3)N2C(=O)N1c1cccc(C(F)(F)F)c1.O=C1[C@H]2[C@H]3CC(CN3)N2C(=O)N1c1cccc(C(F)(F)F)c1. The Balaban J connectivity index is 0.000000142. The lowest BCUT2D eigenvalue weighted by Crippen LogP contribution is -2.51. The minimum Gasteiger partial charge on any atom is -0.309 e. The summed E-state index contributed by atoms with van der Waals surface area (Å²) in [5.74, 6) is -0.909. The number of hydrogen-bond acceptors (Lipinski definition) is 6. The van der Waals surface area contributed by atoms with Gasteiger partial charge in [0.2, 0.25) is 0 Å². The van der Waals surface area contributed by atoms with E-state index in [-0.39, 0.29) is 35.5 Å². The Hall–Kier alpha value is -4.18. The van der Waals surface area contributed by atoms with Crippen LogP contribution >= 0.6 is 0 Å². The number of amides is 6. The molecule has 6 aliphatic rings. The van der Waals surface area contributed by atoms with Crippen LogP contribution in [0.4, 0.5) is 47.3 Å². The fourth-order valence-electron chi connectivity index (χ4n) is 7.18. The molecule has 2 aromatic rings. The van der Waals surface area contributed by atoms with E-state index >= 15 is 0 Å². The number of anilines is 2. The minimum atomic E-state index is -4.52. The molecule has 44 heavy (non-hydrogen) atoms. The van der Waals surface area contributed by atoms with Crippen LogP contribution in [0.3, 0.4) is 0 Å². The van der Waals surface area contributed by atoms with Gasteiger partial charge in [-0.2, -0.15) is 26.3 Å². The van der Waals surface area contributed by atoms with Crippen LogP contribution in [0, 0.1) is 0 Å². The minimum absolute atomic E-state index is 0.0291. The lowest BCUT2D eigenvalue weighted by molar-refractivity contribution is -0.138. The molecule has 0 spiro atoms. The summed E-state index contributed by atoms with van der Waals surface area (Å²) in [6.45, 7) is 1.24. The molecule has 16 heteroatoms. The second-order valence-corrected chi connectivity index (χ2v) is 11.5. The van der Waals surface area contributed by atoms with E-state index in [1.165, 1.54) is 34.1 Å². The third kappa shape index (κ3) is 4.25. The van der Waals surface area contributed by atoms with E-state index in [1.54, 1.807) is 0 Å². The van der Waals surface area contributed by atoms with E-state index in [9.17, 15) is 45.5 Å². The van der Waals surface area contributed by atoms with Crippen molar-refractivity contribution in [1.29, 1.82) is 0 Å². The predicted molar refractivity (Wildman–Crippen MR) is 140 cm³/mol. The molecular formula is C28H24F6N6O4. The normalized spacial score (nSPS) is 30.4. The van der Waals surface area contributed by atoms with E-state index in [4.69, 9.17) is 0 Å². The zero-order chi connectivity index (χ0) is 31.3. The third-order valence-corrected chi connectivity index (χ3v) is 9.07. The van der Waals surface area contributed by atoms with Crippen molar-refractivity contribution in [3.63, 3.8) is 0 Å². The maximum atomic E-state index is 12.8. The highest BCUT2D eigenvalue weighted by molar-refractivity contribution is 6.23. The van der Waals surface area contributed by atoms with E-state index in [0.29, 0.717) is 13.1 Å². The Morgan fingerprint density at radius 2 is 1.00 bits per heavy atom. The van der Waals surface area contributed by atoms with E-state index < -0.39 is 59.4 Å². The van der Waals surface area contributed by atoms with Gasteiger partial charge in [0.15, 0.2) is 0 Å². The molecule has 2 N–H and O–H groups in total. The molecule has 6 amide bonds. The molecule has 2 unspecified atom stereocenters. The number of hydrogen-bond donors (Lipinski definition) is 2. The molecule has 4 bridgehead atoms. The maximum Gasteiger partial charge on any atom is 0.416 e. The largest absolute Gasteiger partial charge is 0.416 e. The molecule has 6 saturated heterocycles. The first-order valence-electron chi connectivity index (χ1n) is 13.9. The molecular weight excluding hydrogens is 598 g/mol. The van der Waals surface area contributed by atoms with Gasteiger partial charge >= 0.3 is 24.4 Å². The van der Waals surface area contributed by atoms with Gasteiger partial charge in [0.1, 0.15) is 12.1 Å². The van der Waals surface area contributed by atoms with Crippen LogP contribution < -0.4 is 20.4 Å². The second-order valence-electron chi connectivity index (χ2n) is 11.5. The Bertz CT molecular complexity index is 1410. The van der Waals surface area contributed by atoms with Crippen molar-refractivity contribution >= 4 is 35.3 Å². The molecule has 6 atom stereocenters. The van der Waals surface area contributed by atoms with E-state index in [1.807, 2.05) is 0 Å². The summed E-state index contributed by atoms with van der Waals surface area (Å²) in [5.41, 5.74) is -1.81. The van der Waals surface area contributed by atoms with Crippen molar-refractivity contribution in [2.24, 2.45) is 0 Å². The lowest BCUT2D eigenvalue weighted by Gasteiger charge is -2.26. The Morgan fingerprint density at radius 3 is 1.34 bits per heavy atom. The Labute approximate surface area is 245 Å². The number of piperazine rings is 2. The van der Waals surface area contributed by atoms with Gasteiger partial charge in [-0.3, -0.25) is 9.59 Å². The summed E-state index contributed by atoms with van der Waals surface area (Å²) in [7, 11) is 0. The Kier molecular flexibility index (Phi) is 6.27. The third-order valence-electron chi connectivity index (χ3n) is 9.07. The van der Waals surface area contributed by atoms with Crippen LogP contribution in [-0.2, 0) is 21.9 Å². The average molecular weight is 623 g/mol. The monoisotopic (exact) mass is 622 g/mol. The van der Waals surface area contributed by atoms with Gasteiger partial charge in [0.05, 0.1) is 22.5 Å². The molecule has 0 radical (unpaired) electrons. The van der Waals surface area contributed by atoms with Crippen LogP contribution in [0.25, 0.3) is 0 Å². The number of halogens is 6. The number of nitrogens with one attached hydrogen (secondary N) is 2. The average Bonchev–Trinajstić information content (AvgIpc) is 3.81. The second kappa shape index (κ2) is 9.66. The Morgan fingerprint density at radius 1 is 0.614 bits per heavy atom. The molecule has 2 aromatic carbocycles. The number of benzene rings is 2. The van der Waals surface area contributed by atoms with Crippen molar-refractivity contribution < 1.29 is 45.5 Å². The van der Waals surface area contributed by atoms with Gasteiger partial charge < -0.3 is 20.4 Å². The van der Waals surface area contributed by atoms with Gasteiger partial charge in [-0.15, -0.1) is 0 Å². The molecule has 6 aliphatic heterocycles. The van der Waals surface area contributed by atoms with E-state index in [2.05, 4.69) is 10.6 Å². The first kappa shape index (κ1) is 28.6. The van der Waals surface area contributed by atoms with Crippen molar-refractivity contribution in [3.05, 3.63) is 59.7 Å². The van der Waals surface area contributed by atoms with Crippen molar-refractivity contribution in [3.8, 4) is 0 Å². The summed E-state index contributed by atoms with van der Waals surface area (Å²) in [6.07, 6.45) is -7.59. The summed E-state index contributed by atoms with van der Waals surface area (Å²) >= 11 is 0. The van der Waals surface area contributed by atoms with E-state index in [0.717, 1.165) is 46.9 Å². The smallest absolute Gasteiger partial charge is 0.309 e. The van der Waals surface area contributed by atoms with Crippen LogP contribution in [0.1, 0.15) is 24.0 Å². The fraction of sp³-hybridized carbons (Fsp3) is 0.429. The van der Waals surface area contributed by atoms with Crippen LogP contribution in [0.15, 0.2) is 48.5 Å². The standard InChI is InChI=1S/2C14H12F3N3O2/c2*15-14(16,17)7-2-1-3-8(4-7)20-12(21)11-10-5-9(6-18-10)19(11)13(20)22/h2*1-4,9-11,18H,5-6H2/t9?,10-,11-;9-,10?,11+/m11/s1. The number of imide groups is 2. The quantitative estimate of drug-likeness (QED) is 0.394. The zero-order valence-corrected chi connectivity index (χ0v) is 22.6. The van der Waals surface area contributed by atoms with Gasteiger partial charge in [0.25, 0.3) is 11.8 Å². The molecule has 0 aromatic heterocycles. The van der Waals surface area contributed by atoms with Gasteiger partial charge in [-0.05, 0) is 49.2 Å². The first-order chi connectivity index (χ1) is 20.8. The van der Waals surface area contributed by atoms with Gasteiger partial charge in [-0.25, -0.2) is 19.4 Å². The van der Waals surface area contributed by atoms with Crippen molar-refractivity contribution in [2.75, 3.05) is 22.9 Å². The molecule has 0 saturated carbocycles. The summed E-state index contributed by atoms with van der Waals surface area (Å²) < 4.78 is 76.8. The highest BCUT2D eigenvalue weighted by atomic mass is 19.4. The maximum absolute atomic E-state index is 12.8. The van der Waals surface area contributed by atoms with Crippen LogP contribution in [-0.4, -0.2) is 83.0 Å². The summed E-state index contributed by atoms with van der Waals surface area (Å²) in [5, 5.41) is 6.33. The van der Waals surface area contributed by atoms with Crippen molar-refractivity contribution in [1.82, 2.24) is 20.4 Å². The fourth-order valence-corrected chi connectivity index (χ4v) is 7.18. The van der Waals surface area contributed by atoms with Crippen LogP contribution in [0.2, 0.25) is 0 Å². The number of carbonyl (C=O) groups is 4. The highest BCUT2D eigenvalue weighted by Crippen LogP contribution is 2.41. The summed E-state index contributed by atoms with van der Waals surface area (Å²) in [6, 6.07) is 6.07. The number of urea groups is 2. The lowest BCUT2D eigenvalue weighted by atomic mass is 10.1.